The highest BCUT2D eigenvalue weighted by molar-refractivity contribution is 7.14. The fourth-order valence-corrected chi connectivity index (χ4v) is 3.77. The standard InChI is InChI=1S/C25H18N2O4S/c1-31-24(30)20-13-7-16(8-14-20)21-15-32-25(26-21)27-23(29)19-11-9-18(10-12-19)22(28)17-5-3-2-4-6-17/h2-15H,1H3,(H,26,27,29). The number of benzene rings is 3. The lowest BCUT2D eigenvalue weighted by molar-refractivity contribution is 0.0600. The van der Waals surface area contributed by atoms with Gasteiger partial charge in [-0.2, -0.15) is 0 Å². The van der Waals surface area contributed by atoms with E-state index in [0.29, 0.717) is 33.1 Å². The Labute approximate surface area is 188 Å². The monoisotopic (exact) mass is 442 g/mol. The summed E-state index contributed by atoms with van der Waals surface area (Å²) in [6.07, 6.45) is 0. The van der Waals surface area contributed by atoms with Gasteiger partial charge in [-0.25, -0.2) is 9.78 Å². The number of ether oxygens (including phenoxy) is 1. The molecule has 0 atom stereocenters. The number of carbonyl (C=O) groups excluding carboxylic acids is 3. The van der Waals surface area contributed by atoms with Crippen molar-refractivity contribution in [3.05, 3.63) is 106 Å². The molecule has 6 nitrogen and oxygen atoms in total. The second kappa shape index (κ2) is 9.36. The van der Waals surface area contributed by atoms with E-state index in [2.05, 4.69) is 10.3 Å². The van der Waals surface area contributed by atoms with Crippen molar-refractivity contribution < 1.29 is 19.1 Å². The number of ketones is 1. The Hall–Kier alpha value is -4.10. The molecular weight excluding hydrogens is 424 g/mol. The van der Waals surface area contributed by atoms with Gasteiger partial charge in [-0.15, -0.1) is 11.3 Å². The Bertz CT molecular complexity index is 1260. The molecule has 0 unspecified atom stereocenters. The average molecular weight is 442 g/mol. The van der Waals surface area contributed by atoms with Gasteiger partial charge in [0.05, 0.1) is 18.4 Å². The molecule has 0 aliphatic carbocycles. The van der Waals surface area contributed by atoms with Crippen molar-refractivity contribution in [2.75, 3.05) is 12.4 Å². The predicted molar refractivity (Wildman–Crippen MR) is 123 cm³/mol. The Kier molecular flexibility index (Phi) is 6.19. The largest absolute Gasteiger partial charge is 0.465 e. The van der Waals surface area contributed by atoms with Gasteiger partial charge in [0.25, 0.3) is 5.91 Å². The van der Waals surface area contributed by atoms with Crippen LogP contribution in [0.25, 0.3) is 11.3 Å². The third-order valence-corrected chi connectivity index (χ3v) is 5.53. The summed E-state index contributed by atoms with van der Waals surface area (Å²) < 4.78 is 4.70. The molecule has 0 aliphatic rings. The van der Waals surface area contributed by atoms with E-state index in [0.717, 1.165) is 5.56 Å². The zero-order valence-corrected chi connectivity index (χ0v) is 17.9. The zero-order chi connectivity index (χ0) is 22.5. The second-order valence-electron chi connectivity index (χ2n) is 6.83. The molecule has 0 bridgehead atoms. The molecule has 0 saturated heterocycles. The van der Waals surface area contributed by atoms with Gasteiger partial charge in [0.2, 0.25) is 0 Å². The van der Waals surface area contributed by atoms with Crippen LogP contribution < -0.4 is 5.32 Å². The number of thiazole rings is 1. The summed E-state index contributed by atoms with van der Waals surface area (Å²) in [6, 6.07) is 22.4. The van der Waals surface area contributed by atoms with Crippen molar-refractivity contribution in [2.24, 2.45) is 0 Å². The quantitative estimate of drug-likeness (QED) is 0.332. The van der Waals surface area contributed by atoms with Gasteiger partial charge in [0.15, 0.2) is 10.9 Å². The van der Waals surface area contributed by atoms with E-state index >= 15 is 0 Å². The number of anilines is 1. The van der Waals surface area contributed by atoms with E-state index in [1.807, 2.05) is 23.6 Å². The van der Waals surface area contributed by atoms with Crippen molar-refractivity contribution >= 4 is 34.1 Å². The molecule has 0 aliphatic heterocycles. The van der Waals surface area contributed by atoms with Crippen molar-refractivity contribution in [1.82, 2.24) is 4.98 Å². The summed E-state index contributed by atoms with van der Waals surface area (Å²) in [4.78, 5) is 41.1. The highest BCUT2D eigenvalue weighted by Gasteiger charge is 2.13. The Morgan fingerprint density at radius 3 is 2.03 bits per heavy atom. The molecule has 4 rings (SSSR count). The van der Waals surface area contributed by atoms with Gasteiger partial charge < -0.3 is 4.74 Å². The maximum absolute atomic E-state index is 12.6. The van der Waals surface area contributed by atoms with Gasteiger partial charge in [-0.3, -0.25) is 14.9 Å². The van der Waals surface area contributed by atoms with Crippen LogP contribution in [0.1, 0.15) is 36.6 Å². The number of rotatable bonds is 6. The summed E-state index contributed by atoms with van der Waals surface area (Å²) in [7, 11) is 1.33. The molecule has 1 N–H and O–H groups in total. The van der Waals surface area contributed by atoms with Crippen LogP contribution in [-0.4, -0.2) is 29.8 Å². The minimum absolute atomic E-state index is 0.0969. The third-order valence-electron chi connectivity index (χ3n) is 4.77. The molecule has 7 heteroatoms. The van der Waals surface area contributed by atoms with Gasteiger partial charge >= 0.3 is 5.97 Å². The Morgan fingerprint density at radius 2 is 1.38 bits per heavy atom. The molecule has 3 aromatic carbocycles. The predicted octanol–water partition coefficient (Wildman–Crippen LogP) is 5.08. The van der Waals surface area contributed by atoms with Crippen LogP contribution in [0.3, 0.4) is 0 Å². The van der Waals surface area contributed by atoms with E-state index in [1.54, 1.807) is 60.7 Å². The lowest BCUT2D eigenvalue weighted by Gasteiger charge is -2.04. The van der Waals surface area contributed by atoms with Crippen LogP contribution in [0, 0.1) is 0 Å². The van der Waals surface area contributed by atoms with E-state index in [4.69, 9.17) is 4.74 Å². The molecule has 4 aromatic rings. The van der Waals surface area contributed by atoms with Crippen molar-refractivity contribution in [3.63, 3.8) is 0 Å². The van der Waals surface area contributed by atoms with E-state index in [1.165, 1.54) is 18.4 Å². The van der Waals surface area contributed by atoms with E-state index in [9.17, 15) is 14.4 Å². The lowest BCUT2D eigenvalue weighted by atomic mass is 10.0. The fraction of sp³-hybridized carbons (Fsp3) is 0.0400. The number of amides is 1. The molecule has 0 saturated carbocycles. The topological polar surface area (TPSA) is 85.4 Å². The first-order valence-electron chi connectivity index (χ1n) is 9.70. The minimum Gasteiger partial charge on any atom is -0.465 e. The highest BCUT2D eigenvalue weighted by Crippen LogP contribution is 2.26. The van der Waals surface area contributed by atoms with Crippen LogP contribution in [0.15, 0.2) is 84.2 Å². The second-order valence-corrected chi connectivity index (χ2v) is 7.69. The lowest BCUT2D eigenvalue weighted by Crippen LogP contribution is -2.12. The smallest absolute Gasteiger partial charge is 0.337 e. The van der Waals surface area contributed by atoms with Gasteiger partial charge in [-0.05, 0) is 24.3 Å². The summed E-state index contributed by atoms with van der Waals surface area (Å²) in [5.41, 5.74) is 3.49. The number of carbonyl (C=O) groups is 3. The fourth-order valence-electron chi connectivity index (χ4n) is 3.06. The molecule has 1 heterocycles. The Morgan fingerprint density at radius 1 is 0.781 bits per heavy atom. The first kappa shape index (κ1) is 21.1. The van der Waals surface area contributed by atoms with Crippen molar-refractivity contribution in [1.29, 1.82) is 0 Å². The van der Waals surface area contributed by atoms with Crippen LogP contribution in [0.4, 0.5) is 5.13 Å². The summed E-state index contributed by atoms with van der Waals surface area (Å²) in [5.74, 6) is -0.815. The van der Waals surface area contributed by atoms with Crippen molar-refractivity contribution in [2.45, 2.75) is 0 Å². The molecule has 1 aromatic heterocycles. The molecule has 0 radical (unpaired) electrons. The molecule has 32 heavy (non-hydrogen) atoms. The molecule has 0 spiro atoms. The summed E-state index contributed by atoms with van der Waals surface area (Å²) >= 11 is 1.30. The van der Waals surface area contributed by atoms with E-state index < -0.39 is 5.97 Å². The zero-order valence-electron chi connectivity index (χ0n) is 17.1. The molecule has 158 valence electrons. The minimum atomic E-state index is -0.403. The van der Waals surface area contributed by atoms with E-state index in [-0.39, 0.29) is 11.7 Å². The van der Waals surface area contributed by atoms with Crippen LogP contribution >= 0.6 is 11.3 Å². The average Bonchev–Trinajstić information content (AvgIpc) is 3.32. The van der Waals surface area contributed by atoms with Gasteiger partial charge in [-0.1, -0.05) is 54.6 Å². The first-order valence-corrected chi connectivity index (χ1v) is 10.6. The van der Waals surface area contributed by atoms with Crippen molar-refractivity contribution in [3.8, 4) is 11.3 Å². The van der Waals surface area contributed by atoms with Gasteiger partial charge in [0.1, 0.15) is 0 Å². The molecule has 0 fully saturated rings. The number of methoxy groups -OCH3 is 1. The first-order chi connectivity index (χ1) is 15.5. The van der Waals surface area contributed by atoms with Crippen LogP contribution in [0.2, 0.25) is 0 Å². The summed E-state index contributed by atoms with van der Waals surface area (Å²) in [5, 5.41) is 5.05. The number of esters is 1. The maximum Gasteiger partial charge on any atom is 0.337 e. The maximum atomic E-state index is 12.6. The third kappa shape index (κ3) is 4.63. The van der Waals surface area contributed by atoms with Crippen LogP contribution in [0.5, 0.6) is 0 Å². The van der Waals surface area contributed by atoms with Gasteiger partial charge in [0, 0.05) is 27.6 Å². The Balaban J connectivity index is 1.43. The summed E-state index contributed by atoms with van der Waals surface area (Å²) in [6.45, 7) is 0. The number of nitrogens with one attached hydrogen (secondary N) is 1. The number of hydrogen-bond donors (Lipinski definition) is 1. The normalized spacial score (nSPS) is 10.4. The molecular formula is C25H18N2O4S. The number of hydrogen-bond acceptors (Lipinski definition) is 6. The number of aromatic nitrogens is 1. The SMILES string of the molecule is COC(=O)c1ccc(-c2csc(NC(=O)c3ccc(C(=O)c4ccccc4)cc3)n2)cc1. The molecule has 1 amide bonds. The van der Waals surface area contributed by atoms with Crippen LogP contribution in [-0.2, 0) is 4.74 Å². The highest BCUT2D eigenvalue weighted by atomic mass is 32.1. The number of nitrogens with zero attached hydrogens (tertiary/aromatic N) is 1.